The topological polar surface area (TPSA) is 47.1 Å². The first-order valence-corrected chi connectivity index (χ1v) is 5.86. The molecule has 1 aromatic heterocycles. The zero-order valence-electron chi connectivity index (χ0n) is 9.82. The third kappa shape index (κ3) is 1.66. The highest BCUT2D eigenvalue weighted by Gasteiger charge is 2.30. The fourth-order valence-electron chi connectivity index (χ4n) is 2.46. The van der Waals surface area contributed by atoms with Crippen molar-refractivity contribution in [3.05, 3.63) is 54.1 Å². The minimum atomic E-state index is 0.0532. The van der Waals surface area contributed by atoms with Gasteiger partial charge in [-0.1, -0.05) is 30.3 Å². The van der Waals surface area contributed by atoms with Crippen LogP contribution in [0.3, 0.4) is 0 Å². The number of aromatic nitrogens is 2. The van der Waals surface area contributed by atoms with E-state index in [-0.39, 0.29) is 6.17 Å². The Hall–Kier alpha value is -1.65. The van der Waals surface area contributed by atoms with Crippen molar-refractivity contribution in [1.82, 2.24) is 14.6 Å². The lowest BCUT2D eigenvalue weighted by atomic mass is 10.0. The number of hydrogen-bond donors (Lipinski definition) is 1. The van der Waals surface area contributed by atoms with E-state index in [1.54, 1.807) is 0 Å². The molecule has 88 valence electrons. The maximum Gasteiger partial charge on any atom is 0.126 e. The van der Waals surface area contributed by atoms with Crippen molar-refractivity contribution < 1.29 is 0 Å². The standard InChI is InChI=1S/C13H16N4/c1-10-7-12-8-15-9-16(12)13(17(10)14)11-5-3-2-4-6-11/h2-6,8-10,13H,7,14H2,1H3. The molecule has 0 spiro atoms. The molecule has 0 fully saturated rings. The Morgan fingerprint density at radius 2 is 2.06 bits per heavy atom. The molecule has 0 saturated carbocycles. The average Bonchev–Trinajstić information content (AvgIpc) is 2.79. The Bertz CT molecular complexity index is 505. The summed E-state index contributed by atoms with van der Waals surface area (Å²) in [5, 5.41) is 1.91. The van der Waals surface area contributed by atoms with Gasteiger partial charge in [-0.2, -0.15) is 0 Å². The summed E-state index contributed by atoms with van der Waals surface area (Å²) in [6.45, 7) is 2.15. The Labute approximate surface area is 101 Å². The van der Waals surface area contributed by atoms with Gasteiger partial charge in [0.05, 0.1) is 6.33 Å². The lowest BCUT2D eigenvalue weighted by Crippen LogP contribution is -2.49. The van der Waals surface area contributed by atoms with Crippen molar-refractivity contribution in [3.63, 3.8) is 0 Å². The summed E-state index contributed by atoms with van der Waals surface area (Å²) in [5.41, 5.74) is 2.44. The summed E-state index contributed by atoms with van der Waals surface area (Å²) in [7, 11) is 0. The first kappa shape index (κ1) is 10.5. The summed E-state index contributed by atoms with van der Waals surface area (Å²) in [6.07, 6.45) is 4.79. The Balaban J connectivity index is 2.10. The van der Waals surface area contributed by atoms with Crippen LogP contribution < -0.4 is 5.84 Å². The van der Waals surface area contributed by atoms with Gasteiger partial charge in [0.25, 0.3) is 0 Å². The van der Waals surface area contributed by atoms with E-state index < -0.39 is 0 Å². The van der Waals surface area contributed by atoms with E-state index in [0.29, 0.717) is 6.04 Å². The SMILES string of the molecule is CC1Cc2cncn2C(c2ccccc2)N1N. The molecule has 4 heteroatoms. The maximum absolute atomic E-state index is 6.21. The van der Waals surface area contributed by atoms with Crippen LogP contribution >= 0.6 is 0 Å². The highest BCUT2D eigenvalue weighted by Crippen LogP contribution is 2.29. The number of benzene rings is 1. The molecule has 1 aliphatic heterocycles. The van der Waals surface area contributed by atoms with Crippen LogP contribution in [0.5, 0.6) is 0 Å². The minimum Gasteiger partial charge on any atom is -0.313 e. The molecule has 0 saturated heterocycles. The summed E-state index contributed by atoms with van der Waals surface area (Å²) >= 11 is 0. The van der Waals surface area contributed by atoms with Crippen LogP contribution in [0.25, 0.3) is 0 Å². The van der Waals surface area contributed by atoms with Crippen LogP contribution in [0.4, 0.5) is 0 Å². The van der Waals surface area contributed by atoms with Crippen molar-refractivity contribution in [1.29, 1.82) is 0 Å². The summed E-state index contributed by atoms with van der Waals surface area (Å²) in [6, 6.07) is 10.6. The van der Waals surface area contributed by atoms with Crippen molar-refractivity contribution in [2.75, 3.05) is 0 Å². The van der Waals surface area contributed by atoms with Gasteiger partial charge in [-0.3, -0.25) is 5.84 Å². The normalized spacial score (nSPS) is 24.6. The molecule has 2 heterocycles. The van der Waals surface area contributed by atoms with Crippen LogP contribution in [0.1, 0.15) is 24.3 Å². The highest BCUT2D eigenvalue weighted by molar-refractivity contribution is 5.22. The predicted molar refractivity (Wildman–Crippen MR) is 66.0 cm³/mol. The lowest BCUT2D eigenvalue weighted by molar-refractivity contribution is 0.0966. The van der Waals surface area contributed by atoms with Gasteiger partial charge in [0.2, 0.25) is 0 Å². The van der Waals surface area contributed by atoms with Crippen molar-refractivity contribution in [2.24, 2.45) is 5.84 Å². The molecule has 17 heavy (non-hydrogen) atoms. The van der Waals surface area contributed by atoms with E-state index in [0.717, 1.165) is 6.42 Å². The molecule has 4 nitrogen and oxygen atoms in total. The number of hydrogen-bond acceptors (Lipinski definition) is 3. The third-order valence-corrected chi connectivity index (χ3v) is 3.40. The summed E-state index contributed by atoms with van der Waals surface area (Å²) in [5.74, 6) is 6.21. The van der Waals surface area contributed by atoms with Crippen molar-refractivity contribution in [2.45, 2.75) is 25.6 Å². The number of nitrogens with two attached hydrogens (primary N) is 1. The maximum atomic E-state index is 6.21. The highest BCUT2D eigenvalue weighted by atomic mass is 15.5. The summed E-state index contributed by atoms with van der Waals surface area (Å²) in [4.78, 5) is 4.23. The van der Waals surface area contributed by atoms with Gasteiger partial charge in [-0.15, -0.1) is 0 Å². The molecule has 2 N–H and O–H groups in total. The van der Waals surface area contributed by atoms with E-state index in [2.05, 4.69) is 28.6 Å². The third-order valence-electron chi connectivity index (χ3n) is 3.40. The van der Waals surface area contributed by atoms with Crippen LogP contribution in [0, 0.1) is 0 Å². The molecule has 0 bridgehead atoms. The zero-order valence-corrected chi connectivity index (χ0v) is 9.82. The van der Waals surface area contributed by atoms with Crippen LogP contribution in [-0.2, 0) is 6.42 Å². The molecule has 1 aliphatic rings. The quantitative estimate of drug-likeness (QED) is 0.753. The van der Waals surface area contributed by atoms with Gasteiger partial charge in [0.15, 0.2) is 0 Å². The van der Waals surface area contributed by atoms with E-state index in [9.17, 15) is 0 Å². The number of fused-ring (bicyclic) bond motifs is 1. The van der Waals surface area contributed by atoms with Crippen molar-refractivity contribution >= 4 is 0 Å². The Morgan fingerprint density at radius 1 is 1.29 bits per heavy atom. The number of rotatable bonds is 1. The first-order chi connectivity index (χ1) is 8.27. The van der Waals surface area contributed by atoms with Crippen LogP contribution in [0.15, 0.2) is 42.9 Å². The van der Waals surface area contributed by atoms with E-state index in [1.165, 1.54) is 11.3 Å². The monoisotopic (exact) mass is 228 g/mol. The molecule has 2 unspecified atom stereocenters. The molecule has 0 amide bonds. The van der Waals surface area contributed by atoms with Gasteiger partial charge in [0.1, 0.15) is 6.17 Å². The molecular formula is C13H16N4. The number of imidazole rings is 1. The smallest absolute Gasteiger partial charge is 0.126 e. The fraction of sp³-hybridized carbons (Fsp3) is 0.308. The zero-order chi connectivity index (χ0) is 11.8. The first-order valence-electron chi connectivity index (χ1n) is 5.86. The molecule has 2 aromatic rings. The molecule has 3 rings (SSSR count). The Kier molecular flexibility index (Phi) is 2.46. The van der Waals surface area contributed by atoms with E-state index in [1.807, 2.05) is 35.7 Å². The molecule has 0 radical (unpaired) electrons. The largest absolute Gasteiger partial charge is 0.313 e. The van der Waals surface area contributed by atoms with Gasteiger partial charge < -0.3 is 4.57 Å². The molecule has 2 atom stereocenters. The molecule has 1 aromatic carbocycles. The van der Waals surface area contributed by atoms with E-state index in [4.69, 9.17) is 5.84 Å². The number of nitrogens with zero attached hydrogens (tertiary/aromatic N) is 3. The number of hydrazine groups is 1. The second kappa shape index (κ2) is 3.98. The second-order valence-corrected chi connectivity index (χ2v) is 4.58. The van der Waals surface area contributed by atoms with Crippen molar-refractivity contribution in [3.8, 4) is 0 Å². The van der Waals surface area contributed by atoms with E-state index >= 15 is 0 Å². The second-order valence-electron chi connectivity index (χ2n) is 4.58. The lowest BCUT2D eigenvalue weighted by Gasteiger charge is -2.38. The van der Waals surface area contributed by atoms with Gasteiger partial charge in [0, 0.05) is 24.4 Å². The van der Waals surface area contributed by atoms with Crippen LogP contribution in [0.2, 0.25) is 0 Å². The predicted octanol–water partition coefficient (Wildman–Crippen LogP) is 1.55. The average molecular weight is 228 g/mol. The molecule has 0 aliphatic carbocycles. The van der Waals surface area contributed by atoms with Crippen LogP contribution in [-0.4, -0.2) is 20.6 Å². The minimum absolute atomic E-state index is 0.0532. The van der Waals surface area contributed by atoms with Gasteiger partial charge in [-0.25, -0.2) is 9.99 Å². The molecular weight excluding hydrogens is 212 g/mol. The Morgan fingerprint density at radius 3 is 2.82 bits per heavy atom. The summed E-state index contributed by atoms with van der Waals surface area (Å²) < 4.78 is 2.15. The fourth-order valence-corrected chi connectivity index (χ4v) is 2.46. The van der Waals surface area contributed by atoms with Gasteiger partial charge >= 0.3 is 0 Å². The van der Waals surface area contributed by atoms with Gasteiger partial charge in [-0.05, 0) is 12.5 Å².